The van der Waals surface area contributed by atoms with Crippen molar-refractivity contribution in [2.45, 2.75) is 6.54 Å². The first-order valence-electron chi connectivity index (χ1n) is 6.35. The highest BCUT2D eigenvalue weighted by atomic mass is 16.6. The maximum Gasteiger partial charge on any atom is 0.415 e. The Morgan fingerprint density at radius 1 is 1.33 bits per heavy atom. The van der Waals surface area contributed by atoms with Gasteiger partial charge in [0.25, 0.3) is 0 Å². The number of ether oxygens (including phenoxy) is 1. The van der Waals surface area contributed by atoms with Crippen LogP contribution in [0.3, 0.4) is 0 Å². The summed E-state index contributed by atoms with van der Waals surface area (Å²) in [7, 11) is 0. The molecule has 1 aliphatic rings. The Kier molecular flexibility index (Phi) is 3.27. The number of benzene rings is 1. The van der Waals surface area contributed by atoms with Crippen LogP contribution < -0.4 is 4.90 Å². The Hall–Kier alpha value is -2.90. The van der Waals surface area contributed by atoms with E-state index < -0.39 is 11.0 Å². The molecule has 0 spiro atoms. The van der Waals surface area contributed by atoms with Crippen molar-refractivity contribution in [1.29, 1.82) is 0 Å². The molecule has 2 aromatic rings. The number of cyclic esters (lactones) is 1. The summed E-state index contributed by atoms with van der Waals surface area (Å²) in [5.74, 6) is 0.0263. The third-order valence-corrected chi connectivity index (χ3v) is 3.12. The molecule has 1 amide bonds. The van der Waals surface area contributed by atoms with E-state index in [1.54, 1.807) is 0 Å². The molecule has 0 N–H and O–H groups in total. The third kappa shape index (κ3) is 2.55. The smallest absolute Gasteiger partial charge is 0.415 e. The van der Waals surface area contributed by atoms with Gasteiger partial charge in [-0.05, 0) is 5.56 Å². The van der Waals surface area contributed by atoms with Crippen molar-refractivity contribution in [3.05, 3.63) is 52.2 Å². The van der Waals surface area contributed by atoms with Gasteiger partial charge in [0.2, 0.25) is 5.82 Å². The SMILES string of the molecule is O=C1OCCN1c1nn(Cc2ccccc2)cc1[N+](=O)[O-]. The van der Waals surface area contributed by atoms with E-state index in [1.807, 2.05) is 30.3 Å². The van der Waals surface area contributed by atoms with Crippen molar-refractivity contribution in [2.24, 2.45) is 0 Å². The number of rotatable bonds is 4. The molecule has 3 rings (SSSR count). The first kappa shape index (κ1) is 13.1. The van der Waals surface area contributed by atoms with Crippen LogP contribution in [0, 0.1) is 10.1 Å². The van der Waals surface area contributed by atoms with E-state index in [-0.39, 0.29) is 24.7 Å². The van der Waals surface area contributed by atoms with Crippen molar-refractivity contribution in [2.75, 3.05) is 18.1 Å². The second kappa shape index (κ2) is 5.23. The molecule has 0 saturated carbocycles. The van der Waals surface area contributed by atoms with Crippen LogP contribution in [0.25, 0.3) is 0 Å². The fourth-order valence-corrected chi connectivity index (χ4v) is 2.16. The molecule has 1 aromatic heterocycles. The summed E-state index contributed by atoms with van der Waals surface area (Å²) in [6.45, 7) is 0.869. The number of hydrogen-bond donors (Lipinski definition) is 0. The van der Waals surface area contributed by atoms with Crippen LogP contribution in [0.2, 0.25) is 0 Å². The van der Waals surface area contributed by atoms with Crippen LogP contribution in [-0.2, 0) is 11.3 Å². The highest BCUT2D eigenvalue weighted by molar-refractivity contribution is 5.90. The highest BCUT2D eigenvalue weighted by Crippen LogP contribution is 2.28. The zero-order valence-electron chi connectivity index (χ0n) is 11.0. The van der Waals surface area contributed by atoms with Gasteiger partial charge in [-0.25, -0.2) is 4.79 Å². The van der Waals surface area contributed by atoms with Gasteiger partial charge in [-0.1, -0.05) is 30.3 Å². The Morgan fingerprint density at radius 3 is 2.71 bits per heavy atom. The van der Waals surface area contributed by atoms with Gasteiger partial charge in [-0.2, -0.15) is 0 Å². The zero-order chi connectivity index (χ0) is 14.8. The van der Waals surface area contributed by atoms with Gasteiger partial charge < -0.3 is 4.74 Å². The molecule has 8 heteroatoms. The quantitative estimate of drug-likeness (QED) is 0.632. The van der Waals surface area contributed by atoms with E-state index >= 15 is 0 Å². The van der Waals surface area contributed by atoms with Crippen molar-refractivity contribution < 1.29 is 14.5 Å². The zero-order valence-corrected chi connectivity index (χ0v) is 11.0. The van der Waals surface area contributed by atoms with Crippen LogP contribution in [0.4, 0.5) is 16.3 Å². The molecule has 21 heavy (non-hydrogen) atoms. The minimum Gasteiger partial charge on any atom is -0.447 e. The lowest BCUT2D eigenvalue weighted by atomic mass is 10.2. The Balaban J connectivity index is 1.93. The van der Waals surface area contributed by atoms with Crippen LogP contribution >= 0.6 is 0 Å². The van der Waals surface area contributed by atoms with Crippen molar-refractivity contribution in [1.82, 2.24) is 9.78 Å². The molecule has 1 aromatic carbocycles. The molecule has 2 heterocycles. The lowest BCUT2D eigenvalue weighted by Crippen LogP contribution is -2.24. The molecule has 0 aliphatic carbocycles. The molecule has 1 fully saturated rings. The normalized spacial score (nSPS) is 14.3. The average molecular weight is 288 g/mol. The summed E-state index contributed by atoms with van der Waals surface area (Å²) < 4.78 is 6.25. The highest BCUT2D eigenvalue weighted by Gasteiger charge is 2.33. The van der Waals surface area contributed by atoms with Crippen LogP contribution in [0.5, 0.6) is 0 Å². The van der Waals surface area contributed by atoms with Gasteiger partial charge in [0.05, 0.1) is 18.0 Å². The van der Waals surface area contributed by atoms with E-state index in [4.69, 9.17) is 4.74 Å². The van der Waals surface area contributed by atoms with Crippen LogP contribution in [0.15, 0.2) is 36.5 Å². The molecule has 8 nitrogen and oxygen atoms in total. The number of amides is 1. The van der Waals surface area contributed by atoms with E-state index in [1.165, 1.54) is 15.8 Å². The molecular formula is C13H12N4O4. The second-order valence-corrected chi connectivity index (χ2v) is 4.54. The Labute approximate surface area is 119 Å². The molecule has 0 atom stereocenters. The fraction of sp³-hybridized carbons (Fsp3) is 0.231. The number of nitro groups is 1. The monoisotopic (exact) mass is 288 g/mol. The number of hydrogen-bond acceptors (Lipinski definition) is 5. The topological polar surface area (TPSA) is 90.5 Å². The van der Waals surface area contributed by atoms with Gasteiger partial charge in [0, 0.05) is 0 Å². The fourth-order valence-electron chi connectivity index (χ4n) is 2.16. The maximum atomic E-state index is 11.5. The molecule has 1 saturated heterocycles. The van der Waals surface area contributed by atoms with Crippen molar-refractivity contribution in [3.8, 4) is 0 Å². The minimum atomic E-state index is -0.608. The summed E-state index contributed by atoms with van der Waals surface area (Å²) in [6.07, 6.45) is 0.719. The minimum absolute atomic E-state index is 0.0263. The molecule has 0 radical (unpaired) electrons. The second-order valence-electron chi connectivity index (χ2n) is 4.54. The van der Waals surface area contributed by atoms with Crippen molar-refractivity contribution in [3.63, 3.8) is 0 Å². The van der Waals surface area contributed by atoms with E-state index in [0.717, 1.165) is 5.56 Å². The predicted molar refractivity (Wildman–Crippen MR) is 73.1 cm³/mol. The lowest BCUT2D eigenvalue weighted by molar-refractivity contribution is -0.384. The molecule has 108 valence electrons. The summed E-state index contributed by atoms with van der Waals surface area (Å²) in [5.41, 5.74) is 0.759. The number of anilines is 1. The van der Waals surface area contributed by atoms with Gasteiger partial charge in [-0.3, -0.25) is 19.7 Å². The van der Waals surface area contributed by atoms with Gasteiger partial charge in [0.15, 0.2) is 0 Å². The number of carbonyl (C=O) groups excluding carboxylic acids is 1. The van der Waals surface area contributed by atoms with Crippen molar-refractivity contribution >= 4 is 17.6 Å². The summed E-state index contributed by atoms with van der Waals surface area (Å²) in [6, 6.07) is 9.45. The Morgan fingerprint density at radius 2 is 2.10 bits per heavy atom. The number of carbonyl (C=O) groups is 1. The molecule has 1 aliphatic heterocycles. The van der Waals surface area contributed by atoms with E-state index in [9.17, 15) is 14.9 Å². The van der Waals surface area contributed by atoms with Gasteiger partial charge in [0.1, 0.15) is 12.8 Å². The van der Waals surface area contributed by atoms with Gasteiger partial charge >= 0.3 is 11.8 Å². The van der Waals surface area contributed by atoms with E-state index in [0.29, 0.717) is 6.54 Å². The Bertz CT molecular complexity index is 683. The first-order valence-corrected chi connectivity index (χ1v) is 6.35. The lowest BCUT2D eigenvalue weighted by Gasteiger charge is -2.07. The molecular weight excluding hydrogens is 276 g/mol. The molecule has 0 unspecified atom stereocenters. The van der Waals surface area contributed by atoms with Crippen LogP contribution in [0.1, 0.15) is 5.56 Å². The number of aromatic nitrogens is 2. The first-order chi connectivity index (χ1) is 10.1. The summed E-state index contributed by atoms with van der Waals surface area (Å²) in [4.78, 5) is 23.3. The standard InChI is InChI=1S/C13H12N4O4/c18-13-16(6-7-21-13)12-11(17(19)20)9-15(14-12)8-10-4-2-1-3-5-10/h1-5,9H,6-8H2. The van der Waals surface area contributed by atoms with Crippen LogP contribution in [-0.4, -0.2) is 33.9 Å². The summed E-state index contributed by atoms with van der Waals surface area (Å²) >= 11 is 0. The average Bonchev–Trinajstić information content (AvgIpc) is 3.06. The summed E-state index contributed by atoms with van der Waals surface area (Å²) in [5, 5.41) is 15.3. The third-order valence-electron chi connectivity index (χ3n) is 3.12. The van der Waals surface area contributed by atoms with E-state index in [2.05, 4.69) is 5.10 Å². The maximum absolute atomic E-state index is 11.5. The predicted octanol–water partition coefficient (Wildman–Crippen LogP) is 1.80. The largest absolute Gasteiger partial charge is 0.447 e. The molecule has 0 bridgehead atoms. The van der Waals surface area contributed by atoms with Gasteiger partial charge in [-0.15, -0.1) is 5.10 Å². The number of nitrogens with zero attached hydrogens (tertiary/aromatic N) is 4.